The Morgan fingerprint density at radius 2 is 1.76 bits per heavy atom. The van der Waals surface area contributed by atoms with E-state index in [0.29, 0.717) is 10.0 Å². The number of rotatable bonds is 7. The van der Waals surface area contributed by atoms with E-state index in [1.165, 1.54) is 26.4 Å². The first-order valence-corrected chi connectivity index (χ1v) is 9.60. The number of ether oxygens (including phenoxy) is 2. The fraction of sp³-hybridized carbons (Fsp3) is 0.294. The highest BCUT2D eigenvalue weighted by Gasteiger charge is 2.30. The van der Waals surface area contributed by atoms with E-state index in [4.69, 9.17) is 32.7 Å². The Bertz CT molecular complexity index is 857. The van der Waals surface area contributed by atoms with E-state index in [9.17, 15) is 8.42 Å². The zero-order valence-corrected chi connectivity index (χ0v) is 16.4. The molecule has 0 aliphatic rings. The van der Waals surface area contributed by atoms with Crippen molar-refractivity contribution in [2.75, 3.05) is 20.8 Å². The second-order valence-electron chi connectivity index (χ2n) is 5.57. The molecule has 0 saturated carbocycles. The maximum Gasteiger partial charge on any atom is 0.244 e. The van der Waals surface area contributed by atoms with Crippen molar-refractivity contribution in [2.45, 2.75) is 17.4 Å². The first-order valence-electron chi connectivity index (χ1n) is 7.36. The number of nitrogens with one attached hydrogen (secondary N) is 1. The van der Waals surface area contributed by atoms with Gasteiger partial charge in [-0.3, -0.25) is 0 Å². The number of benzene rings is 2. The van der Waals surface area contributed by atoms with Crippen LogP contribution in [0.1, 0.15) is 12.5 Å². The summed E-state index contributed by atoms with van der Waals surface area (Å²) in [6.07, 6.45) is 0. The lowest BCUT2D eigenvalue weighted by Crippen LogP contribution is -2.40. The van der Waals surface area contributed by atoms with Crippen LogP contribution >= 0.6 is 23.2 Å². The van der Waals surface area contributed by atoms with Gasteiger partial charge in [0.25, 0.3) is 0 Å². The molecule has 0 fully saturated rings. The highest BCUT2D eigenvalue weighted by Crippen LogP contribution is 2.29. The van der Waals surface area contributed by atoms with Crippen molar-refractivity contribution in [3.8, 4) is 5.75 Å². The van der Waals surface area contributed by atoms with Gasteiger partial charge in [0, 0.05) is 23.7 Å². The van der Waals surface area contributed by atoms with E-state index < -0.39 is 15.6 Å². The number of halogens is 2. The largest absolute Gasteiger partial charge is 0.495 e. The average Bonchev–Trinajstić information content (AvgIpc) is 2.59. The summed E-state index contributed by atoms with van der Waals surface area (Å²) in [5.74, 6) is 0.207. The summed E-state index contributed by atoms with van der Waals surface area (Å²) >= 11 is 11.9. The zero-order valence-electron chi connectivity index (χ0n) is 14.0. The average molecular weight is 404 g/mol. The topological polar surface area (TPSA) is 64.6 Å². The van der Waals surface area contributed by atoms with Gasteiger partial charge >= 0.3 is 0 Å². The molecule has 136 valence electrons. The number of hydrogen-bond acceptors (Lipinski definition) is 4. The Morgan fingerprint density at radius 1 is 1.08 bits per heavy atom. The quantitative estimate of drug-likeness (QED) is 0.762. The normalized spacial score (nSPS) is 14.1. The molecule has 0 saturated heterocycles. The molecule has 0 aromatic heterocycles. The predicted octanol–water partition coefficient (Wildman–Crippen LogP) is 3.84. The molecule has 25 heavy (non-hydrogen) atoms. The molecule has 2 aromatic rings. The summed E-state index contributed by atoms with van der Waals surface area (Å²) in [4.78, 5) is -0.0351. The monoisotopic (exact) mass is 403 g/mol. The summed E-state index contributed by atoms with van der Waals surface area (Å²) in [6.45, 7) is 1.78. The van der Waals surface area contributed by atoms with Crippen LogP contribution < -0.4 is 9.46 Å². The zero-order chi connectivity index (χ0) is 18.7. The Labute approximate surface area is 157 Å². The molecule has 1 N–H and O–H groups in total. The van der Waals surface area contributed by atoms with Crippen LogP contribution in [0.25, 0.3) is 0 Å². The third kappa shape index (κ3) is 4.65. The van der Waals surface area contributed by atoms with Crippen LogP contribution in [-0.4, -0.2) is 29.2 Å². The second-order valence-corrected chi connectivity index (χ2v) is 8.17. The lowest BCUT2D eigenvalue weighted by Gasteiger charge is -2.29. The van der Waals surface area contributed by atoms with E-state index in [1.807, 2.05) is 6.07 Å². The van der Waals surface area contributed by atoms with Crippen molar-refractivity contribution in [1.29, 1.82) is 0 Å². The van der Waals surface area contributed by atoms with Crippen molar-refractivity contribution in [1.82, 2.24) is 4.72 Å². The fourth-order valence-corrected chi connectivity index (χ4v) is 4.03. The summed E-state index contributed by atoms with van der Waals surface area (Å²) in [6, 6.07) is 11.5. The minimum atomic E-state index is -3.86. The molecule has 2 aromatic carbocycles. The molecule has 1 atom stereocenters. The molecule has 0 amide bonds. The second kappa shape index (κ2) is 7.93. The minimum absolute atomic E-state index is 0.00183. The van der Waals surface area contributed by atoms with Crippen molar-refractivity contribution in [3.63, 3.8) is 0 Å². The van der Waals surface area contributed by atoms with Crippen LogP contribution in [0.3, 0.4) is 0 Å². The highest BCUT2D eigenvalue weighted by atomic mass is 35.5. The molecule has 1 unspecified atom stereocenters. The van der Waals surface area contributed by atoms with E-state index in [2.05, 4.69) is 4.72 Å². The van der Waals surface area contributed by atoms with Gasteiger partial charge in [-0.05, 0) is 42.8 Å². The smallest absolute Gasteiger partial charge is 0.244 e. The van der Waals surface area contributed by atoms with Crippen LogP contribution in [-0.2, 0) is 20.4 Å². The van der Waals surface area contributed by atoms with Gasteiger partial charge in [0.1, 0.15) is 16.2 Å². The van der Waals surface area contributed by atoms with E-state index in [0.717, 1.165) is 5.56 Å². The van der Waals surface area contributed by atoms with Gasteiger partial charge in [-0.2, -0.15) is 0 Å². The maximum absolute atomic E-state index is 12.7. The van der Waals surface area contributed by atoms with Gasteiger partial charge in [-0.15, -0.1) is 0 Å². The van der Waals surface area contributed by atoms with Gasteiger partial charge in [0.15, 0.2) is 0 Å². The summed E-state index contributed by atoms with van der Waals surface area (Å²) in [7, 11) is -0.954. The van der Waals surface area contributed by atoms with E-state index in [1.54, 1.807) is 31.2 Å². The molecule has 0 aliphatic heterocycles. The van der Waals surface area contributed by atoms with Crippen molar-refractivity contribution in [2.24, 2.45) is 0 Å². The third-order valence-corrected chi connectivity index (χ3v) is 5.79. The van der Waals surface area contributed by atoms with Crippen molar-refractivity contribution in [3.05, 3.63) is 58.1 Å². The van der Waals surface area contributed by atoms with Gasteiger partial charge in [-0.1, -0.05) is 35.3 Å². The van der Waals surface area contributed by atoms with Crippen LogP contribution in [0.5, 0.6) is 5.75 Å². The van der Waals surface area contributed by atoms with Crippen molar-refractivity contribution >= 4 is 33.2 Å². The van der Waals surface area contributed by atoms with Crippen LogP contribution in [0.15, 0.2) is 47.4 Å². The molecule has 0 bridgehead atoms. The molecule has 0 heterocycles. The van der Waals surface area contributed by atoms with Crippen LogP contribution in [0.2, 0.25) is 10.0 Å². The maximum atomic E-state index is 12.7. The first kappa shape index (κ1) is 20.0. The predicted molar refractivity (Wildman–Crippen MR) is 99.0 cm³/mol. The Hall–Kier alpha value is -1.31. The Morgan fingerprint density at radius 3 is 2.36 bits per heavy atom. The fourth-order valence-electron chi connectivity index (χ4n) is 2.28. The van der Waals surface area contributed by atoms with Gasteiger partial charge in [0.2, 0.25) is 10.0 Å². The molecule has 0 aliphatic carbocycles. The third-order valence-electron chi connectivity index (χ3n) is 3.90. The summed E-state index contributed by atoms with van der Waals surface area (Å²) in [5, 5.41) is 0.839. The van der Waals surface area contributed by atoms with Crippen LogP contribution in [0, 0.1) is 0 Å². The van der Waals surface area contributed by atoms with Gasteiger partial charge in [0.05, 0.1) is 7.11 Å². The molecule has 5 nitrogen and oxygen atoms in total. The van der Waals surface area contributed by atoms with E-state index >= 15 is 0 Å². The lowest BCUT2D eigenvalue weighted by molar-refractivity contribution is 0.00698. The number of hydrogen-bond donors (Lipinski definition) is 1. The number of sulfonamides is 1. The van der Waals surface area contributed by atoms with E-state index in [-0.39, 0.29) is 17.2 Å². The molecule has 0 radical (unpaired) electrons. The molecule has 8 heteroatoms. The Kier molecular flexibility index (Phi) is 6.35. The molecule has 0 spiro atoms. The summed E-state index contributed by atoms with van der Waals surface area (Å²) < 4.78 is 38.6. The number of methoxy groups -OCH3 is 2. The van der Waals surface area contributed by atoms with Crippen molar-refractivity contribution < 1.29 is 17.9 Å². The highest BCUT2D eigenvalue weighted by molar-refractivity contribution is 7.89. The first-order chi connectivity index (χ1) is 11.7. The molecule has 2 rings (SSSR count). The SMILES string of the molecule is COc1ccc(Cl)cc1S(=O)(=O)NCC(C)(OC)c1cccc(Cl)c1. The van der Waals surface area contributed by atoms with Gasteiger partial charge in [-0.25, -0.2) is 13.1 Å². The summed E-state index contributed by atoms with van der Waals surface area (Å²) in [5.41, 5.74) is -0.146. The lowest BCUT2D eigenvalue weighted by atomic mass is 9.96. The van der Waals surface area contributed by atoms with Crippen LogP contribution in [0.4, 0.5) is 0 Å². The molecular weight excluding hydrogens is 385 g/mol. The standard InChI is InChI=1S/C17H19Cl2NO4S/c1-17(24-3,12-5-4-6-13(18)9-12)11-20-25(21,22)16-10-14(19)7-8-15(16)23-2/h4-10,20H,11H2,1-3H3. The minimum Gasteiger partial charge on any atom is -0.495 e. The Balaban J connectivity index is 2.30. The van der Waals surface area contributed by atoms with Gasteiger partial charge < -0.3 is 9.47 Å². The molecular formula is C17H19Cl2NO4S.